The summed E-state index contributed by atoms with van der Waals surface area (Å²) in [7, 11) is 0. The van der Waals surface area contributed by atoms with Crippen molar-refractivity contribution in [1.82, 2.24) is 9.97 Å². The van der Waals surface area contributed by atoms with Crippen LogP contribution in [-0.2, 0) is 6.42 Å². The van der Waals surface area contributed by atoms with Gasteiger partial charge in [-0.05, 0) is 18.9 Å². The van der Waals surface area contributed by atoms with Gasteiger partial charge in [0.05, 0.1) is 11.2 Å². The number of rotatable bonds is 7. The minimum absolute atomic E-state index is 0.118. The molecule has 2 rings (SSSR count). The van der Waals surface area contributed by atoms with Crippen LogP contribution in [0.5, 0.6) is 0 Å². The Morgan fingerprint density at radius 3 is 2.60 bits per heavy atom. The summed E-state index contributed by atoms with van der Waals surface area (Å²) < 4.78 is 0. The van der Waals surface area contributed by atoms with E-state index >= 15 is 0 Å². The number of nitrogens with two attached hydrogens (primary N) is 1. The van der Waals surface area contributed by atoms with Crippen molar-refractivity contribution >= 4 is 16.8 Å². The molecule has 2 aromatic rings. The molecule has 0 aliphatic rings. The van der Waals surface area contributed by atoms with E-state index in [1.807, 2.05) is 24.3 Å². The molecule has 0 unspecified atom stereocenters. The van der Waals surface area contributed by atoms with Gasteiger partial charge >= 0.3 is 0 Å². The third-order valence-corrected chi connectivity index (χ3v) is 3.42. The molecule has 1 aromatic heterocycles. The minimum atomic E-state index is -0.567. The first-order valence-electron chi connectivity index (χ1n) is 7.28. The van der Waals surface area contributed by atoms with Crippen molar-refractivity contribution in [3.63, 3.8) is 0 Å². The van der Waals surface area contributed by atoms with E-state index in [1.165, 1.54) is 25.7 Å². The van der Waals surface area contributed by atoms with Crippen molar-refractivity contribution in [2.24, 2.45) is 5.73 Å². The third-order valence-electron chi connectivity index (χ3n) is 3.42. The maximum atomic E-state index is 11.3. The second kappa shape index (κ2) is 6.98. The van der Waals surface area contributed by atoms with E-state index in [2.05, 4.69) is 16.9 Å². The maximum absolute atomic E-state index is 11.3. The molecule has 1 amide bonds. The van der Waals surface area contributed by atoms with Crippen LogP contribution < -0.4 is 5.73 Å². The fraction of sp³-hybridized carbons (Fsp3) is 0.438. The molecule has 1 aromatic carbocycles. The molecule has 4 nitrogen and oxygen atoms in total. The summed E-state index contributed by atoms with van der Waals surface area (Å²) in [4.78, 5) is 19.8. The Bertz CT molecular complexity index is 595. The van der Waals surface area contributed by atoms with E-state index in [1.54, 1.807) is 0 Å². The number of hydrogen-bond donors (Lipinski definition) is 1. The Balaban J connectivity index is 2.19. The molecule has 4 heteroatoms. The highest BCUT2D eigenvalue weighted by atomic mass is 16.1. The van der Waals surface area contributed by atoms with Gasteiger partial charge in [0.2, 0.25) is 5.82 Å². The summed E-state index contributed by atoms with van der Waals surface area (Å²) in [5.41, 5.74) is 7.03. The van der Waals surface area contributed by atoms with Gasteiger partial charge < -0.3 is 5.73 Å². The number of aryl methyl sites for hydroxylation is 1. The maximum Gasteiger partial charge on any atom is 0.286 e. The van der Waals surface area contributed by atoms with E-state index in [-0.39, 0.29) is 5.82 Å². The fourth-order valence-electron chi connectivity index (χ4n) is 2.34. The van der Waals surface area contributed by atoms with Crippen LogP contribution in [0.25, 0.3) is 10.9 Å². The highest BCUT2D eigenvalue weighted by molar-refractivity contribution is 5.92. The number of carbonyl (C=O) groups is 1. The molecule has 0 bridgehead atoms. The van der Waals surface area contributed by atoms with Crippen LogP contribution in [-0.4, -0.2) is 15.9 Å². The lowest BCUT2D eigenvalue weighted by Gasteiger charge is -2.07. The highest BCUT2D eigenvalue weighted by Gasteiger charge is 2.10. The number of fused-ring (bicyclic) bond motifs is 1. The standard InChI is InChI=1S/C16H21N3O/c1-2-3-4-5-6-10-13-12-9-7-8-11-14(12)19-16(18-13)15(17)20/h7-9,11H,2-6,10H2,1H3,(H2,17,20). The number of unbranched alkanes of at least 4 members (excludes halogenated alkanes) is 4. The molecule has 0 aliphatic carbocycles. The Morgan fingerprint density at radius 2 is 1.85 bits per heavy atom. The van der Waals surface area contributed by atoms with Gasteiger partial charge in [0.1, 0.15) is 0 Å². The second-order valence-electron chi connectivity index (χ2n) is 5.04. The molecule has 0 aliphatic heterocycles. The van der Waals surface area contributed by atoms with Crippen LogP contribution in [0.1, 0.15) is 55.3 Å². The first-order chi connectivity index (χ1) is 9.72. The number of hydrogen-bond acceptors (Lipinski definition) is 3. The van der Waals surface area contributed by atoms with Crippen molar-refractivity contribution < 1.29 is 4.79 Å². The van der Waals surface area contributed by atoms with Crippen molar-refractivity contribution in [3.8, 4) is 0 Å². The average molecular weight is 271 g/mol. The number of aromatic nitrogens is 2. The summed E-state index contributed by atoms with van der Waals surface area (Å²) in [5.74, 6) is -0.449. The van der Waals surface area contributed by atoms with Crippen molar-refractivity contribution in [2.45, 2.75) is 45.4 Å². The van der Waals surface area contributed by atoms with Crippen molar-refractivity contribution in [1.29, 1.82) is 0 Å². The van der Waals surface area contributed by atoms with Crippen LogP contribution in [0.15, 0.2) is 24.3 Å². The molecule has 20 heavy (non-hydrogen) atoms. The Labute approximate surface area is 119 Å². The van der Waals surface area contributed by atoms with Crippen LogP contribution in [0.3, 0.4) is 0 Å². The van der Waals surface area contributed by atoms with Gasteiger partial charge in [0.15, 0.2) is 0 Å². The summed E-state index contributed by atoms with van der Waals surface area (Å²) in [6.07, 6.45) is 6.91. The minimum Gasteiger partial charge on any atom is -0.363 e. The predicted octanol–water partition coefficient (Wildman–Crippen LogP) is 3.24. The first-order valence-corrected chi connectivity index (χ1v) is 7.28. The summed E-state index contributed by atoms with van der Waals surface area (Å²) in [5, 5.41) is 1.02. The number of primary amides is 1. The normalized spacial score (nSPS) is 10.8. The molecule has 0 spiro atoms. The van der Waals surface area contributed by atoms with Crippen LogP contribution in [0.4, 0.5) is 0 Å². The first kappa shape index (κ1) is 14.4. The Kier molecular flexibility index (Phi) is 5.04. The number of para-hydroxylation sites is 1. The fourth-order valence-corrected chi connectivity index (χ4v) is 2.34. The molecule has 0 saturated carbocycles. The quantitative estimate of drug-likeness (QED) is 0.786. The molecular formula is C16H21N3O. The van der Waals surface area contributed by atoms with Crippen LogP contribution in [0, 0.1) is 0 Å². The smallest absolute Gasteiger partial charge is 0.286 e. The molecule has 1 heterocycles. The number of nitrogens with zero attached hydrogens (tertiary/aromatic N) is 2. The molecule has 0 saturated heterocycles. The zero-order valence-electron chi connectivity index (χ0n) is 11.9. The lowest BCUT2D eigenvalue weighted by Crippen LogP contribution is -2.16. The third kappa shape index (κ3) is 3.53. The summed E-state index contributed by atoms with van der Waals surface area (Å²) >= 11 is 0. The lowest BCUT2D eigenvalue weighted by atomic mass is 10.1. The molecule has 106 valence electrons. The summed E-state index contributed by atoms with van der Waals surface area (Å²) in [6, 6.07) is 7.77. The molecule has 2 N–H and O–H groups in total. The lowest BCUT2D eigenvalue weighted by molar-refractivity contribution is 0.0990. The highest BCUT2D eigenvalue weighted by Crippen LogP contribution is 2.18. The number of benzene rings is 1. The largest absolute Gasteiger partial charge is 0.363 e. The van der Waals surface area contributed by atoms with Gasteiger partial charge in [0.25, 0.3) is 5.91 Å². The van der Waals surface area contributed by atoms with Crippen LogP contribution in [0.2, 0.25) is 0 Å². The zero-order valence-corrected chi connectivity index (χ0v) is 11.9. The van der Waals surface area contributed by atoms with E-state index in [0.29, 0.717) is 0 Å². The predicted molar refractivity (Wildman–Crippen MR) is 80.5 cm³/mol. The second-order valence-corrected chi connectivity index (χ2v) is 5.04. The molecule has 0 radical (unpaired) electrons. The van der Waals surface area contributed by atoms with E-state index in [0.717, 1.165) is 29.4 Å². The van der Waals surface area contributed by atoms with Gasteiger partial charge in [-0.25, -0.2) is 9.97 Å². The van der Waals surface area contributed by atoms with Gasteiger partial charge in [0, 0.05) is 5.39 Å². The van der Waals surface area contributed by atoms with Crippen LogP contribution >= 0.6 is 0 Å². The van der Waals surface area contributed by atoms with E-state index < -0.39 is 5.91 Å². The van der Waals surface area contributed by atoms with Gasteiger partial charge in [-0.3, -0.25) is 4.79 Å². The molecule has 0 fully saturated rings. The van der Waals surface area contributed by atoms with Crippen molar-refractivity contribution in [3.05, 3.63) is 35.8 Å². The molecular weight excluding hydrogens is 250 g/mol. The number of amides is 1. The monoisotopic (exact) mass is 271 g/mol. The Hall–Kier alpha value is -1.97. The SMILES string of the molecule is CCCCCCCc1nc(C(N)=O)nc2ccccc12. The average Bonchev–Trinajstić information content (AvgIpc) is 2.46. The van der Waals surface area contributed by atoms with Gasteiger partial charge in [-0.1, -0.05) is 50.8 Å². The van der Waals surface area contributed by atoms with E-state index in [9.17, 15) is 4.79 Å². The van der Waals surface area contributed by atoms with Gasteiger partial charge in [-0.2, -0.15) is 0 Å². The Morgan fingerprint density at radius 1 is 1.10 bits per heavy atom. The van der Waals surface area contributed by atoms with Gasteiger partial charge in [-0.15, -0.1) is 0 Å². The van der Waals surface area contributed by atoms with Crippen molar-refractivity contribution in [2.75, 3.05) is 0 Å². The van der Waals surface area contributed by atoms with E-state index in [4.69, 9.17) is 5.73 Å². The zero-order chi connectivity index (χ0) is 14.4. The molecule has 0 atom stereocenters. The topological polar surface area (TPSA) is 68.9 Å². The summed E-state index contributed by atoms with van der Waals surface area (Å²) in [6.45, 7) is 2.21. The number of carbonyl (C=O) groups excluding carboxylic acids is 1.